The Morgan fingerprint density at radius 2 is 1.94 bits per heavy atom. The molecular weight excluding hydrogens is 293 g/mol. The summed E-state index contributed by atoms with van der Waals surface area (Å²) >= 11 is 17.8. The topological polar surface area (TPSA) is 28.2 Å². The third-order valence-corrected chi connectivity index (χ3v) is 3.96. The van der Waals surface area contributed by atoms with E-state index < -0.39 is 0 Å². The number of hydrogen-bond donors (Lipinski definition) is 1. The molecule has 0 spiro atoms. The lowest BCUT2D eigenvalue weighted by Crippen LogP contribution is -2.33. The molecular formula is C12H16Cl3N3. The van der Waals surface area contributed by atoms with Crippen molar-refractivity contribution in [2.24, 2.45) is 0 Å². The van der Waals surface area contributed by atoms with E-state index in [-0.39, 0.29) is 11.2 Å². The number of nitrogens with zero attached hydrogens (tertiary/aromatic N) is 2. The number of aromatic nitrogens is 1. The van der Waals surface area contributed by atoms with Crippen molar-refractivity contribution in [3.8, 4) is 0 Å². The van der Waals surface area contributed by atoms with E-state index >= 15 is 0 Å². The summed E-state index contributed by atoms with van der Waals surface area (Å²) in [7, 11) is 0. The van der Waals surface area contributed by atoms with Gasteiger partial charge in [-0.2, -0.15) is 0 Å². The molecule has 1 unspecified atom stereocenters. The van der Waals surface area contributed by atoms with Crippen LogP contribution in [0.1, 0.15) is 19.8 Å². The number of anilines is 1. The molecule has 0 aromatic carbocycles. The predicted molar refractivity (Wildman–Crippen MR) is 78.0 cm³/mol. The van der Waals surface area contributed by atoms with Gasteiger partial charge >= 0.3 is 0 Å². The quantitative estimate of drug-likeness (QED) is 0.854. The highest BCUT2D eigenvalue weighted by atomic mass is 35.5. The van der Waals surface area contributed by atoms with Gasteiger partial charge in [0.05, 0.1) is 10.0 Å². The van der Waals surface area contributed by atoms with E-state index in [2.05, 4.69) is 22.1 Å². The summed E-state index contributed by atoms with van der Waals surface area (Å²) < 4.78 is 0. The normalized spacial score (nSPS) is 18.0. The molecule has 0 bridgehead atoms. The first-order valence-electron chi connectivity index (χ1n) is 6.06. The Kier molecular flexibility index (Phi) is 4.96. The zero-order valence-electron chi connectivity index (χ0n) is 10.2. The monoisotopic (exact) mass is 307 g/mol. The zero-order chi connectivity index (χ0) is 13.1. The van der Waals surface area contributed by atoms with Crippen LogP contribution in [0.3, 0.4) is 0 Å². The van der Waals surface area contributed by atoms with E-state index in [9.17, 15) is 0 Å². The second-order valence-electron chi connectivity index (χ2n) is 4.64. The van der Waals surface area contributed by atoms with E-state index in [1.165, 1.54) is 25.9 Å². The fraction of sp³-hybridized carbons (Fsp3) is 0.583. The molecule has 18 heavy (non-hydrogen) atoms. The van der Waals surface area contributed by atoms with Crippen LogP contribution in [-0.2, 0) is 0 Å². The molecule has 1 fully saturated rings. The number of hydrogen-bond acceptors (Lipinski definition) is 3. The SMILES string of the molecule is CC(CN1CCCC1)Nc1nc(Cl)c(Cl)cc1Cl. The molecule has 2 rings (SSSR count). The third-order valence-electron chi connectivity index (χ3n) is 3.00. The van der Waals surface area contributed by atoms with Crippen LogP contribution in [-0.4, -0.2) is 35.6 Å². The number of halogens is 3. The average Bonchev–Trinajstić information content (AvgIpc) is 2.78. The first-order chi connectivity index (χ1) is 8.56. The summed E-state index contributed by atoms with van der Waals surface area (Å²) in [4.78, 5) is 6.59. The largest absolute Gasteiger partial charge is 0.365 e. The lowest BCUT2D eigenvalue weighted by Gasteiger charge is -2.22. The van der Waals surface area contributed by atoms with Crippen molar-refractivity contribution < 1.29 is 0 Å². The van der Waals surface area contributed by atoms with Crippen molar-refractivity contribution in [1.82, 2.24) is 9.88 Å². The standard InChI is InChI=1S/C12H16Cl3N3/c1-8(7-18-4-2-3-5-18)16-12-10(14)6-9(13)11(15)17-12/h6,8H,2-5,7H2,1H3,(H,16,17). The smallest absolute Gasteiger partial charge is 0.150 e. The van der Waals surface area contributed by atoms with E-state index in [0.29, 0.717) is 15.9 Å². The first kappa shape index (κ1) is 14.2. The summed E-state index contributed by atoms with van der Waals surface area (Å²) in [5.41, 5.74) is 0. The molecule has 1 atom stereocenters. The van der Waals surface area contributed by atoms with Gasteiger partial charge in [-0.05, 0) is 38.9 Å². The van der Waals surface area contributed by atoms with E-state index in [4.69, 9.17) is 34.8 Å². The predicted octanol–water partition coefficient (Wildman–Crippen LogP) is 3.94. The molecule has 3 nitrogen and oxygen atoms in total. The molecule has 1 saturated heterocycles. The van der Waals surface area contributed by atoms with Gasteiger partial charge in [0.1, 0.15) is 11.0 Å². The van der Waals surface area contributed by atoms with Crippen molar-refractivity contribution in [3.05, 3.63) is 21.3 Å². The molecule has 100 valence electrons. The molecule has 1 aliphatic rings. The van der Waals surface area contributed by atoms with Crippen LogP contribution in [0.5, 0.6) is 0 Å². The van der Waals surface area contributed by atoms with Crippen molar-refractivity contribution in [1.29, 1.82) is 0 Å². The van der Waals surface area contributed by atoms with Crippen molar-refractivity contribution in [3.63, 3.8) is 0 Å². The maximum atomic E-state index is 6.08. The van der Waals surface area contributed by atoms with Crippen LogP contribution in [0, 0.1) is 0 Å². The molecule has 2 heterocycles. The Bertz CT molecular complexity index is 419. The lowest BCUT2D eigenvalue weighted by molar-refractivity contribution is 0.327. The van der Waals surface area contributed by atoms with Crippen LogP contribution in [0.25, 0.3) is 0 Å². The molecule has 1 aromatic heterocycles. The van der Waals surface area contributed by atoms with Gasteiger partial charge in [-0.25, -0.2) is 4.98 Å². The summed E-state index contributed by atoms with van der Waals surface area (Å²) in [5, 5.41) is 4.42. The fourth-order valence-electron chi connectivity index (χ4n) is 2.18. The van der Waals surface area contributed by atoms with Gasteiger partial charge in [0, 0.05) is 12.6 Å². The highest BCUT2D eigenvalue weighted by Crippen LogP contribution is 2.29. The maximum Gasteiger partial charge on any atom is 0.150 e. The number of rotatable bonds is 4. The van der Waals surface area contributed by atoms with Crippen molar-refractivity contribution >= 4 is 40.6 Å². The van der Waals surface area contributed by atoms with Gasteiger partial charge in [-0.15, -0.1) is 0 Å². The Balaban J connectivity index is 1.97. The number of likely N-dealkylation sites (tertiary alicyclic amines) is 1. The minimum Gasteiger partial charge on any atom is -0.365 e. The Morgan fingerprint density at radius 3 is 2.61 bits per heavy atom. The third kappa shape index (κ3) is 3.64. The summed E-state index contributed by atoms with van der Waals surface area (Å²) in [6.07, 6.45) is 2.58. The molecule has 0 amide bonds. The molecule has 0 aliphatic carbocycles. The van der Waals surface area contributed by atoms with Gasteiger partial charge in [-0.3, -0.25) is 0 Å². The molecule has 1 aliphatic heterocycles. The summed E-state index contributed by atoms with van der Waals surface area (Å²) in [5.74, 6) is 0.595. The fourth-order valence-corrected chi connectivity index (χ4v) is 2.73. The van der Waals surface area contributed by atoms with E-state index in [0.717, 1.165) is 6.54 Å². The highest BCUT2D eigenvalue weighted by molar-refractivity contribution is 6.42. The minimum absolute atomic E-state index is 0.269. The molecule has 0 radical (unpaired) electrons. The highest BCUT2D eigenvalue weighted by Gasteiger charge is 2.16. The van der Waals surface area contributed by atoms with Gasteiger partial charge < -0.3 is 10.2 Å². The van der Waals surface area contributed by atoms with Crippen LogP contribution in [0.2, 0.25) is 15.2 Å². The summed E-state index contributed by atoms with van der Waals surface area (Å²) in [6, 6.07) is 1.88. The van der Waals surface area contributed by atoms with Gasteiger partial charge in [0.2, 0.25) is 0 Å². The molecule has 6 heteroatoms. The average molecular weight is 309 g/mol. The number of pyridine rings is 1. The van der Waals surface area contributed by atoms with Gasteiger partial charge in [-0.1, -0.05) is 34.8 Å². The second kappa shape index (κ2) is 6.29. The van der Waals surface area contributed by atoms with E-state index in [1.807, 2.05) is 0 Å². The van der Waals surface area contributed by atoms with Gasteiger partial charge in [0.15, 0.2) is 0 Å². The zero-order valence-corrected chi connectivity index (χ0v) is 12.5. The minimum atomic E-state index is 0.269. The summed E-state index contributed by atoms with van der Waals surface area (Å²) in [6.45, 7) is 5.44. The second-order valence-corrected chi connectivity index (χ2v) is 5.82. The maximum absolute atomic E-state index is 6.08. The van der Waals surface area contributed by atoms with Crippen LogP contribution < -0.4 is 5.32 Å². The van der Waals surface area contributed by atoms with Crippen LogP contribution in [0.15, 0.2) is 6.07 Å². The van der Waals surface area contributed by atoms with E-state index in [1.54, 1.807) is 6.07 Å². The Morgan fingerprint density at radius 1 is 1.28 bits per heavy atom. The van der Waals surface area contributed by atoms with Crippen LogP contribution >= 0.6 is 34.8 Å². The van der Waals surface area contributed by atoms with Crippen molar-refractivity contribution in [2.75, 3.05) is 25.0 Å². The van der Waals surface area contributed by atoms with Crippen LogP contribution in [0.4, 0.5) is 5.82 Å². The van der Waals surface area contributed by atoms with Gasteiger partial charge in [0.25, 0.3) is 0 Å². The molecule has 1 N–H and O–H groups in total. The Labute approximate surface area is 122 Å². The first-order valence-corrected chi connectivity index (χ1v) is 7.20. The lowest BCUT2D eigenvalue weighted by atomic mass is 10.3. The number of nitrogens with one attached hydrogen (secondary N) is 1. The molecule has 1 aromatic rings. The van der Waals surface area contributed by atoms with Crippen molar-refractivity contribution in [2.45, 2.75) is 25.8 Å². The molecule has 0 saturated carbocycles. The Hall–Kier alpha value is -0.220.